The highest BCUT2D eigenvalue weighted by atomic mass is 19.4. The maximum atomic E-state index is 15.1. The number of Topliss-reactive ketones (excluding diaryl/α,β-unsaturated/α-hetero) is 1. The van der Waals surface area contributed by atoms with Crippen molar-refractivity contribution in [1.82, 2.24) is 10.2 Å². The zero-order chi connectivity index (χ0) is 28.2. The number of allylic oxidation sites excluding steroid dienone is 1. The van der Waals surface area contributed by atoms with Crippen molar-refractivity contribution < 1.29 is 32.3 Å². The zero-order valence-corrected chi connectivity index (χ0v) is 22.9. The van der Waals surface area contributed by atoms with E-state index in [2.05, 4.69) is 0 Å². The van der Waals surface area contributed by atoms with Crippen LogP contribution in [0.1, 0.15) is 84.0 Å². The van der Waals surface area contributed by atoms with Crippen molar-refractivity contribution in [3.05, 3.63) is 41.1 Å². The standard InChI is InChI=1S/C29H37F3N2O4/c1-16(2)38-20-12-10-19(11-13-20)25(36)33-28(29(30,31)32)24-22(14-27(5,6)15-23(24)35)34(26(28)37)21-9-7-8-17(3)18(21)4/h10-13,16-18,21H,7-9,14-15H2,1-6H3,(H,33,36)/t17-,18-,21+,28+/m0/s1. The predicted molar refractivity (Wildman–Crippen MR) is 136 cm³/mol. The van der Waals surface area contributed by atoms with E-state index in [4.69, 9.17) is 4.74 Å². The molecule has 1 N–H and O–H groups in total. The van der Waals surface area contributed by atoms with Gasteiger partial charge in [-0.25, -0.2) is 0 Å². The smallest absolute Gasteiger partial charge is 0.425 e. The van der Waals surface area contributed by atoms with E-state index in [-0.39, 0.29) is 42.0 Å². The van der Waals surface area contributed by atoms with Gasteiger partial charge in [-0.2, -0.15) is 13.2 Å². The van der Waals surface area contributed by atoms with Crippen LogP contribution in [0.2, 0.25) is 0 Å². The minimum Gasteiger partial charge on any atom is -0.491 e. The summed E-state index contributed by atoms with van der Waals surface area (Å²) in [5, 5.41) is 2.04. The zero-order valence-electron chi connectivity index (χ0n) is 22.9. The lowest BCUT2D eigenvalue weighted by Crippen LogP contribution is -2.67. The molecule has 4 atom stereocenters. The maximum Gasteiger partial charge on any atom is 0.425 e. The highest BCUT2D eigenvalue weighted by Gasteiger charge is 2.72. The summed E-state index contributed by atoms with van der Waals surface area (Å²) in [4.78, 5) is 42.0. The molecule has 38 heavy (non-hydrogen) atoms. The minimum absolute atomic E-state index is 0.0603. The Hall–Kier alpha value is -2.84. The van der Waals surface area contributed by atoms with Gasteiger partial charge in [-0.3, -0.25) is 14.4 Å². The molecule has 208 valence electrons. The molecule has 2 amide bonds. The number of hydrogen-bond donors (Lipinski definition) is 1. The lowest BCUT2D eigenvalue weighted by Gasteiger charge is -2.43. The average molecular weight is 535 g/mol. The highest BCUT2D eigenvalue weighted by molar-refractivity contribution is 6.14. The fourth-order valence-electron chi connectivity index (χ4n) is 6.25. The number of amides is 2. The summed E-state index contributed by atoms with van der Waals surface area (Å²) in [6.45, 7) is 11.3. The van der Waals surface area contributed by atoms with Gasteiger partial charge in [0.25, 0.3) is 11.8 Å². The van der Waals surface area contributed by atoms with Crippen LogP contribution in [-0.2, 0) is 9.59 Å². The van der Waals surface area contributed by atoms with Crippen LogP contribution in [0.15, 0.2) is 35.5 Å². The van der Waals surface area contributed by atoms with Gasteiger partial charge in [0.1, 0.15) is 5.75 Å². The second-order valence-corrected chi connectivity index (χ2v) is 12.2. The molecule has 6 nitrogen and oxygen atoms in total. The van der Waals surface area contributed by atoms with Crippen molar-refractivity contribution in [1.29, 1.82) is 0 Å². The third kappa shape index (κ3) is 4.73. The number of nitrogens with one attached hydrogen (secondary N) is 1. The largest absolute Gasteiger partial charge is 0.491 e. The van der Waals surface area contributed by atoms with Gasteiger partial charge in [0, 0.05) is 23.7 Å². The second kappa shape index (κ2) is 9.72. The van der Waals surface area contributed by atoms with Crippen LogP contribution >= 0.6 is 0 Å². The number of halogens is 3. The van der Waals surface area contributed by atoms with Crippen LogP contribution in [0.4, 0.5) is 13.2 Å². The van der Waals surface area contributed by atoms with E-state index in [1.54, 1.807) is 0 Å². The molecule has 1 heterocycles. The normalized spacial score (nSPS) is 29.5. The van der Waals surface area contributed by atoms with Crippen molar-refractivity contribution in [2.24, 2.45) is 17.3 Å². The van der Waals surface area contributed by atoms with Crippen LogP contribution in [0.5, 0.6) is 5.75 Å². The molecular weight excluding hydrogens is 497 g/mol. The Kier molecular flexibility index (Phi) is 7.21. The van der Waals surface area contributed by atoms with Crippen molar-refractivity contribution in [3.63, 3.8) is 0 Å². The van der Waals surface area contributed by atoms with Crippen molar-refractivity contribution in [3.8, 4) is 5.75 Å². The van der Waals surface area contributed by atoms with Gasteiger partial charge < -0.3 is 15.0 Å². The Morgan fingerprint density at radius 1 is 1.08 bits per heavy atom. The first-order chi connectivity index (χ1) is 17.6. The molecule has 0 unspecified atom stereocenters. The van der Waals surface area contributed by atoms with Gasteiger partial charge in [-0.1, -0.05) is 40.5 Å². The molecule has 3 aliphatic rings. The van der Waals surface area contributed by atoms with E-state index in [0.717, 1.165) is 12.8 Å². The molecule has 9 heteroatoms. The third-order valence-electron chi connectivity index (χ3n) is 8.27. The van der Waals surface area contributed by atoms with E-state index in [1.165, 1.54) is 29.2 Å². The monoisotopic (exact) mass is 534 g/mol. The fraction of sp³-hybridized carbons (Fsp3) is 0.621. The lowest BCUT2D eigenvalue weighted by molar-refractivity contribution is -0.192. The summed E-state index contributed by atoms with van der Waals surface area (Å²) in [6.07, 6.45) is -3.10. The first-order valence-corrected chi connectivity index (χ1v) is 13.4. The van der Waals surface area contributed by atoms with Crippen LogP contribution < -0.4 is 10.1 Å². The van der Waals surface area contributed by atoms with E-state index < -0.39 is 46.3 Å². The summed E-state index contributed by atoms with van der Waals surface area (Å²) in [7, 11) is 0. The summed E-state index contributed by atoms with van der Waals surface area (Å²) >= 11 is 0. The number of alkyl halides is 3. The molecule has 1 fully saturated rings. The Bertz CT molecular complexity index is 1160. The molecule has 1 aliphatic heterocycles. The van der Waals surface area contributed by atoms with Gasteiger partial charge in [-0.05, 0) is 68.2 Å². The first kappa shape index (κ1) is 28.2. The van der Waals surface area contributed by atoms with Gasteiger partial charge in [0.05, 0.1) is 11.7 Å². The summed E-state index contributed by atoms with van der Waals surface area (Å²) in [6, 6.07) is 5.19. The number of benzene rings is 1. The average Bonchev–Trinajstić information content (AvgIpc) is 3.03. The number of nitrogens with zero attached hydrogens (tertiary/aromatic N) is 1. The maximum absolute atomic E-state index is 15.1. The minimum atomic E-state index is -5.23. The van der Waals surface area contributed by atoms with Crippen LogP contribution in [0.3, 0.4) is 0 Å². The SMILES string of the molecule is CC(C)Oc1ccc(C(=O)N[C@@]2(C(F)(F)F)C(=O)N([C@@H]3CCC[C@H](C)[C@@H]3C)C3=C2C(=O)CC(C)(C)C3)cc1. The first-order valence-electron chi connectivity index (χ1n) is 13.4. The molecule has 0 spiro atoms. The Labute approximate surface area is 222 Å². The number of rotatable bonds is 5. The number of hydrogen-bond acceptors (Lipinski definition) is 4. The Morgan fingerprint density at radius 3 is 2.29 bits per heavy atom. The molecule has 0 saturated heterocycles. The van der Waals surface area contributed by atoms with E-state index in [9.17, 15) is 14.4 Å². The molecule has 1 saturated carbocycles. The number of ether oxygens (including phenoxy) is 1. The van der Waals surface area contributed by atoms with E-state index in [1.807, 2.05) is 46.9 Å². The van der Waals surface area contributed by atoms with Crippen molar-refractivity contribution in [2.75, 3.05) is 0 Å². The van der Waals surface area contributed by atoms with Gasteiger partial charge in [0.15, 0.2) is 5.78 Å². The number of carbonyl (C=O) groups is 3. The Balaban J connectivity index is 1.82. The van der Waals surface area contributed by atoms with Gasteiger partial charge in [0.2, 0.25) is 5.54 Å². The molecular formula is C29H37F3N2O4. The molecule has 1 aromatic carbocycles. The molecule has 1 aromatic rings. The van der Waals surface area contributed by atoms with Crippen LogP contribution in [0.25, 0.3) is 0 Å². The lowest BCUT2D eigenvalue weighted by atomic mass is 9.72. The fourth-order valence-corrected chi connectivity index (χ4v) is 6.25. The highest BCUT2D eigenvalue weighted by Crippen LogP contribution is 2.54. The topological polar surface area (TPSA) is 75.7 Å². The van der Waals surface area contributed by atoms with E-state index >= 15 is 13.2 Å². The predicted octanol–water partition coefficient (Wildman–Crippen LogP) is 5.81. The third-order valence-corrected chi connectivity index (χ3v) is 8.27. The van der Waals surface area contributed by atoms with Gasteiger partial charge in [-0.15, -0.1) is 0 Å². The molecule has 4 rings (SSSR count). The number of carbonyl (C=O) groups excluding carboxylic acids is 3. The molecule has 0 aromatic heterocycles. The van der Waals surface area contributed by atoms with Crippen molar-refractivity contribution in [2.45, 2.75) is 97.5 Å². The van der Waals surface area contributed by atoms with Crippen molar-refractivity contribution >= 4 is 17.6 Å². The van der Waals surface area contributed by atoms with Gasteiger partial charge >= 0.3 is 6.18 Å². The second-order valence-electron chi connectivity index (χ2n) is 12.2. The molecule has 0 radical (unpaired) electrons. The summed E-state index contributed by atoms with van der Waals surface area (Å²) in [5.74, 6) is -2.50. The van der Waals surface area contributed by atoms with E-state index in [0.29, 0.717) is 12.2 Å². The molecule has 2 aliphatic carbocycles. The quantitative estimate of drug-likeness (QED) is 0.517. The van der Waals surface area contributed by atoms with Crippen LogP contribution in [0, 0.1) is 17.3 Å². The van der Waals surface area contributed by atoms with Crippen LogP contribution in [-0.4, -0.2) is 46.4 Å². The molecule has 0 bridgehead atoms. The summed E-state index contributed by atoms with van der Waals surface area (Å²) in [5.41, 5.74) is -4.62. The number of ketones is 1. The summed E-state index contributed by atoms with van der Waals surface area (Å²) < 4.78 is 51.0. The Morgan fingerprint density at radius 2 is 1.71 bits per heavy atom.